The molecule has 2 nitrogen and oxygen atoms in total. The molecule has 3 aromatic carbocycles. The van der Waals surface area contributed by atoms with Crippen molar-refractivity contribution >= 4 is 45.4 Å². The van der Waals surface area contributed by atoms with Gasteiger partial charge in [0.25, 0.3) is 0 Å². The molecule has 0 saturated heterocycles. The molecule has 0 spiro atoms. The van der Waals surface area contributed by atoms with E-state index in [4.69, 9.17) is 8.75 Å². The van der Waals surface area contributed by atoms with Crippen molar-refractivity contribution in [3.05, 3.63) is 94.6 Å². The average Bonchev–Trinajstić information content (AvgIpc) is 3.73. The minimum Gasteiger partial charge on any atom is -0.206 e. The van der Waals surface area contributed by atoms with Crippen molar-refractivity contribution in [3.63, 3.8) is 0 Å². The van der Waals surface area contributed by atoms with Crippen LogP contribution in [0.2, 0.25) is 0 Å². The zero-order valence-electron chi connectivity index (χ0n) is 26.6. The molecule has 0 radical (unpaired) electrons. The van der Waals surface area contributed by atoms with E-state index in [9.17, 15) is 0 Å². The van der Waals surface area contributed by atoms with Gasteiger partial charge in [-0.3, -0.25) is 0 Å². The number of hydrogen-bond donors (Lipinski definition) is 0. The summed E-state index contributed by atoms with van der Waals surface area (Å²) in [5.41, 5.74) is 9.20. The molecule has 3 aromatic heterocycles. The Morgan fingerprint density at radius 2 is 0.978 bits per heavy atom. The second-order valence-electron chi connectivity index (χ2n) is 12.9. The lowest BCUT2D eigenvalue weighted by molar-refractivity contribution is 0.582. The molecule has 0 aliphatic carbocycles. The number of benzene rings is 3. The van der Waals surface area contributed by atoms with E-state index in [1.54, 1.807) is 34.8 Å². The summed E-state index contributed by atoms with van der Waals surface area (Å²) in [5.74, 6) is 0.823. The van der Waals surface area contributed by atoms with E-state index < -0.39 is 0 Å². The van der Waals surface area contributed by atoms with Gasteiger partial charge in [-0.05, 0) is 97.9 Å². The number of halogens is 2. The number of aromatic nitrogens is 2. The van der Waals surface area contributed by atoms with E-state index in [2.05, 4.69) is 77.9 Å². The Labute approximate surface area is 277 Å². The Hall–Kier alpha value is -3.26. The molecule has 0 N–H and O–H groups in total. The van der Waals surface area contributed by atoms with Crippen LogP contribution < -0.4 is 0 Å². The van der Waals surface area contributed by atoms with Crippen molar-refractivity contribution in [1.29, 1.82) is 0 Å². The predicted octanol–water partition coefficient (Wildman–Crippen LogP) is 12.6. The fraction of sp³-hybridized carbons (Fsp3) is 0.316. The predicted molar refractivity (Wildman–Crippen MR) is 191 cm³/mol. The minimum absolute atomic E-state index is 0.175. The van der Waals surface area contributed by atoms with Gasteiger partial charge in [-0.2, -0.15) is 8.75 Å². The van der Waals surface area contributed by atoms with Crippen LogP contribution in [0.15, 0.2) is 60.7 Å². The monoisotopic (exact) mass is 656 g/mol. The number of rotatable bonds is 10. The van der Waals surface area contributed by atoms with Crippen LogP contribution in [-0.2, 0) is 12.8 Å². The second kappa shape index (κ2) is 13.2. The molecule has 7 heteroatoms. The maximum Gasteiger partial charge on any atom is 0.132 e. The molecule has 0 saturated carbocycles. The van der Waals surface area contributed by atoms with Crippen molar-refractivity contribution < 1.29 is 8.78 Å². The van der Waals surface area contributed by atoms with Crippen LogP contribution in [0.3, 0.4) is 0 Å². The van der Waals surface area contributed by atoms with E-state index in [-0.39, 0.29) is 11.6 Å². The summed E-state index contributed by atoms with van der Waals surface area (Å²) in [4.78, 5) is 3.96. The van der Waals surface area contributed by atoms with Crippen LogP contribution in [0.4, 0.5) is 8.78 Å². The second-order valence-corrected chi connectivity index (χ2v) is 15.5. The zero-order chi connectivity index (χ0) is 31.8. The summed E-state index contributed by atoms with van der Waals surface area (Å²) < 4.78 is 40.0. The molecule has 0 atom stereocenters. The lowest BCUT2D eigenvalue weighted by Gasteiger charge is -2.07. The number of aryl methyl sites for hydroxylation is 4. The number of thiophene rings is 2. The van der Waals surface area contributed by atoms with Gasteiger partial charge in [0.2, 0.25) is 0 Å². The Balaban J connectivity index is 1.32. The van der Waals surface area contributed by atoms with Gasteiger partial charge in [0, 0.05) is 41.8 Å². The van der Waals surface area contributed by atoms with Crippen LogP contribution in [0.5, 0.6) is 0 Å². The Kier molecular flexibility index (Phi) is 9.32. The largest absolute Gasteiger partial charge is 0.206 e. The van der Waals surface area contributed by atoms with Gasteiger partial charge in [-0.15, -0.1) is 22.7 Å². The van der Waals surface area contributed by atoms with Gasteiger partial charge < -0.3 is 0 Å². The maximum atomic E-state index is 15.3. The summed E-state index contributed by atoms with van der Waals surface area (Å²) in [6.45, 7) is 12.9. The summed E-state index contributed by atoms with van der Waals surface area (Å²) in [6, 6.07) is 19.7. The maximum absolute atomic E-state index is 15.3. The molecule has 0 amide bonds. The zero-order valence-corrected chi connectivity index (χ0v) is 29.1. The van der Waals surface area contributed by atoms with Crippen LogP contribution in [-0.4, -0.2) is 8.75 Å². The number of fused-ring (bicyclic) bond motifs is 1. The quantitative estimate of drug-likeness (QED) is 0.147. The van der Waals surface area contributed by atoms with Crippen molar-refractivity contribution in [3.8, 4) is 41.8 Å². The molecular weight excluding hydrogens is 619 g/mol. The summed E-state index contributed by atoms with van der Waals surface area (Å²) in [5, 5.41) is 0. The lowest BCUT2D eigenvalue weighted by Crippen LogP contribution is -1.93. The van der Waals surface area contributed by atoms with Gasteiger partial charge >= 0.3 is 0 Å². The van der Waals surface area contributed by atoms with Crippen molar-refractivity contribution in [1.82, 2.24) is 8.75 Å². The third-order valence-electron chi connectivity index (χ3n) is 8.36. The third-order valence-corrected chi connectivity index (χ3v) is 11.5. The van der Waals surface area contributed by atoms with Crippen molar-refractivity contribution in [2.24, 2.45) is 11.8 Å². The Bertz CT molecular complexity index is 1840. The van der Waals surface area contributed by atoms with Crippen LogP contribution in [0.1, 0.15) is 62.8 Å². The molecule has 0 unspecified atom stereocenters. The van der Waals surface area contributed by atoms with Gasteiger partial charge in [-0.1, -0.05) is 64.1 Å². The lowest BCUT2D eigenvalue weighted by atomic mass is 10.0. The first-order chi connectivity index (χ1) is 21.6. The molecule has 6 rings (SSSR count). The highest BCUT2D eigenvalue weighted by atomic mass is 32.1. The van der Waals surface area contributed by atoms with Crippen LogP contribution in [0, 0.1) is 37.3 Å². The van der Waals surface area contributed by atoms with Crippen LogP contribution >= 0.6 is 34.4 Å². The topological polar surface area (TPSA) is 25.8 Å². The number of hydrogen-bond acceptors (Lipinski definition) is 5. The standard InChI is InChI=1S/C38H38F2N2S3/c1-21(2)7-9-25-11-13-27(31(39)19-25)33-17-23(5)37(43-33)29-15-16-30(36-35(29)41-45-42-36)38-24(6)18-34(44-38)28-14-12-26(20-32(28)40)10-8-22(3)4/h11-22H,7-10H2,1-6H3. The van der Waals surface area contributed by atoms with E-state index >= 15 is 8.78 Å². The average molecular weight is 657 g/mol. The molecule has 45 heavy (non-hydrogen) atoms. The minimum atomic E-state index is -0.175. The first-order valence-electron chi connectivity index (χ1n) is 15.6. The first-order valence-corrected chi connectivity index (χ1v) is 18.0. The molecule has 3 heterocycles. The highest BCUT2D eigenvalue weighted by Gasteiger charge is 2.21. The van der Waals surface area contributed by atoms with Crippen molar-refractivity contribution in [2.75, 3.05) is 0 Å². The van der Waals surface area contributed by atoms with Gasteiger partial charge in [-0.25, -0.2) is 8.78 Å². The normalized spacial score (nSPS) is 11.9. The highest BCUT2D eigenvalue weighted by molar-refractivity contribution is 7.19. The van der Waals surface area contributed by atoms with Gasteiger partial charge in [0.1, 0.15) is 22.7 Å². The summed E-state index contributed by atoms with van der Waals surface area (Å²) in [6.07, 6.45) is 3.86. The smallest absolute Gasteiger partial charge is 0.132 e. The van der Waals surface area contributed by atoms with E-state index in [0.29, 0.717) is 23.0 Å². The fourth-order valence-corrected chi connectivity index (χ4v) is 8.76. The SMILES string of the molecule is Cc1cc(-c2ccc(CCC(C)C)cc2F)sc1-c1ccc(-c2sc(-c3ccc(CCC(C)C)cc3F)cc2C)c2nsnc12. The molecule has 0 aliphatic rings. The highest BCUT2D eigenvalue weighted by Crippen LogP contribution is 2.45. The molecular formula is C38H38F2N2S3. The number of nitrogens with zero attached hydrogens (tertiary/aromatic N) is 2. The molecule has 232 valence electrons. The van der Waals surface area contributed by atoms with Crippen LogP contribution in [0.25, 0.3) is 52.8 Å². The van der Waals surface area contributed by atoms with E-state index in [1.807, 2.05) is 12.1 Å². The third kappa shape index (κ3) is 6.67. The summed E-state index contributed by atoms with van der Waals surface area (Å²) >= 11 is 4.39. The molecule has 0 aliphatic heterocycles. The van der Waals surface area contributed by atoms with E-state index in [1.165, 1.54) is 11.7 Å². The Morgan fingerprint density at radius 3 is 1.36 bits per heavy atom. The van der Waals surface area contributed by atoms with Gasteiger partial charge in [0.15, 0.2) is 0 Å². The molecule has 0 fully saturated rings. The molecule has 0 bridgehead atoms. The fourth-order valence-electron chi connectivity index (χ4n) is 5.74. The van der Waals surface area contributed by atoms with Gasteiger partial charge in [0.05, 0.1) is 11.7 Å². The van der Waals surface area contributed by atoms with Crippen molar-refractivity contribution in [2.45, 2.75) is 67.2 Å². The molecule has 6 aromatic rings. The Morgan fingerprint density at radius 1 is 0.578 bits per heavy atom. The van der Waals surface area contributed by atoms with E-state index in [0.717, 1.165) is 89.6 Å². The first kappa shape index (κ1) is 31.7. The summed E-state index contributed by atoms with van der Waals surface area (Å²) in [7, 11) is 0.